The van der Waals surface area contributed by atoms with Gasteiger partial charge in [0.2, 0.25) is 5.96 Å². The molecule has 0 fully saturated rings. The first-order valence-corrected chi connectivity index (χ1v) is 11.4. The topological polar surface area (TPSA) is 79.2 Å². The summed E-state index contributed by atoms with van der Waals surface area (Å²) < 4.78 is 39.3. The standard InChI is InChI=1S/C18H26BrF2N5O2S/c1-18(2,3)28-17(27)25-16(22-10-8-20)26-11-5-4-9-23-29(26)12-14-13(21)6-7-15(19)24-14/h6-7H,4-5,8-12H2,1-3H3,(H,22,25,27). The summed E-state index contributed by atoms with van der Waals surface area (Å²) >= 11 is 3.26. The van der Waals surface area contributed by atoms with Crippen molar-refractivity contribution in [2.24, 2.45) is 9.36 Å². The first-order valence-electron chi connectivity index (χ1n) is 9.27. The monoisotopic (exact) mass is 493 g/mol. The second-order valence-electron chi connectivity index (χ2n) is 7.23. The summed E-state index contributed by atoms with van der Waals surface area (Å²) in [5.41, 5.74) is -0.427. The third-order valence-corrected chi connectivity index (χ3v) is 5.93. The van der Waals surface area contributed by atoms with E-state index in [1.807, 2.05) is 0 Å². The SMILES string of the molecule is CC(C)(C)OC(=O)NC(=NCCF)N1CCCCN=S1Cc1nc(Br)ccc1F. The van der Waals surface area contributed by atoms with Crippen LogP contribution in [0.15, 0.2) is 26.1 Å². The number of amides is 1. The summed E-state index contributed by atoms with van der Waals surface area (Å²) in [6.07, 6.45) is 0.984. The largest absolute Gasteiger partial charge is 0.444 e. The number of halogens is 3. The van der Waals surface area contributed by atoms with Gasteiger partial charge in [-0.05, 0) is 61.7 Å². The highest BCUT2D eigenvalue weighted by Gasteiger charge is 2.24. The zero-order valence-electron chi connectivity index (χ0n) is 16.8. The number of aliphatic imine (C=N–C) groups is 1. The van der Waals surface area contributed by atoms with Crippen LogP contribution in [0.25, 0.3) is 0 Å². The predicted molar refractivity (Wildman–Crippen MR) is 114 cm³/mol. The van der Waals surface area contributed by atoms with Gasteiger partial charge < -0.3 is 4.74 Å². The van der Waals surface area contributed by atoms with Crippen molar-refractivity contribution in [3.63, 3.8) is 0 Å². The average Bonchev–Trinajstić information content (AvgIpc) is 2.85. The number of aromatic nitrogens is 1. The highest BCUT2D eigenvalue weighted by atomic mass is 79.9. The summed E-state index contributed by atoms with van der Waals surface area (Å²) in [6.45, 7) is 5.62. The van der Waals surface area contributed by atoms with Crippen molar-refractivity contribution in [1.82, 2.24) is 14.6 Å². The van der Waals surface area contributed by atoms with E-state index in [4.69, 9.17) is 4.74 Å². The Bertz CT molecular complexity index is 786. The van der Waals surface area contributed by atoms with E-state index in [2.05, 4.69) is 35.6 Å². The highest BCUT2D eigenvalue weighted by Crippen LogP contribution is 2.18. The number of alkyl carbamates (subject to hydrolysis) is 1. The van der Waals surface area contributed by atoms with Crippen LogP contribution in [0, 0.1) is 5.82 Å². The van der Waals surface area contributed by atoms with E-state index < -0.39 is 35.1 Å². The Kier molecular flexibility index (Phi) is 8.94. The molecule has 0 saturated heterocycles. The highest BCUT2D eigenvalue weighted by molar-refractivity contribution is 9.10. The Hall–Kier alpha value is -1.62. The molecule has 1 aliphatic rings. The number of ether oxygens (including phenoxy) is 1. The predicted octanol–water partition coefficient (Wildman–Crippen LogP) is 4.15. The number of hydrogen-bond acceptors (Lipinski definition) is 5. The fraction of sp³-hybridized carbons (Fsp3) is 0.611. The Morgan fingerprint density at radius 2 is 2.17 bits per heavy atom. The molecule has 2 heterocycles. The molecule has 0 aliphatic carbocycles. The summed E-state index contributed by atoms with van der Waals surface area (Å²) in [6, 6.07) is 2.87. The molecule has 1 aromatic heterocycles. The van der Waals surface area contributed by atoms with Crippen molar-refractivity contribution in [2.45, 2.75) is 45.0 Å². The molecule has 29 heavy (non-hydrogen) atoms. The van der Waals surface area contributed by atoms with Gasteiger partial charge in [-0.15, -0.1) is 0 Å². The van der Waals surface area contributed by atoms with Crippen LogP contribution >= 0.6 is 15.9 Å². The van der Waals surface area contributed by atoms with Gasteiger partial charge in [-0.1, -0.05) is 0 Å². The number of nitrogens with zero attached hydrogens (tertiary/aromatic N) is 4. The molecule has 11 heteroatoms. The van der Waals surface area contributed by atoms with Gasteiger partial charge in [0, 0.05) is 24.0 Å². The average molecular weight is 494 g/mol. The van der Waals surface area contributed by atoms with Gasteiger partial charge >= 0.3 is 6.09 Å². The van der Waals surface area contributed by atoms with Gasteiger partial charge in [0.25, 0.3) is 0 Å². The van der Waals surface area contributed by atoms with Gasteiger partial charge in [-0.2, -0.15) is 0 Å². The molecule has 7 nitrogen and oxygen atoms in total. The lowest BCUT2D eigenvalue weighted by molar-refractivity contribution is 0.0559. The second kappa shape index (κ2) is 11.0. The first kappa shape index (κ1) is 23.7. The Labute approximate surface area is 180 Å². The van der Waals surface area contributed by atoms with E-state index in [9.17, 15) is 13.6 Å². The van der Waals surface area contributed by atoms with Gasteiger partial charge in [-0.3, -0.25) is 9.62 Å². The van der Waals surface area contributed by atoms with Crippen molar-refractivity contribution in [1.29, 1.82) is 0 Å². The summed E-state index contributed by atoms with van der Waals surface area (Å²) in [4.78, 5) is 20.7. The van der Waals surface area contributed by atoms with E-state index in [0.29, 0.717) is 17.7 Å². The van der Waals surface area contributed by atoms with Crippen molar-refractivity contribution in [3.8, 4) is 0 Å². The molecule has 0 spiro atoms. The fourth-order valence-electron chi connectivity index (χ4n) is 2.45. The van der Waals surface area contributed by atoms with Crippen LogP contribution in [-0.4, -0.2) is 53.3 Å². The summed E-state index contributed by atoms with van der Waals surface area (Å²) in [5, 5.41) is 2.62. The molecule has 1 unspecified atom stereocenters. The molecule has 0 radical (unpaired) electrons. The van der Waals surface area contributed by atoms with E-state index in [-0.39, 0.29) is 24.0 Å². The number of guanidine groups is 1. The van der Waals surface area contributed by atoms with Gasteiger partial charge in [0.05, 0.1) is 18.0 Å². The lowest BCUT2D eigenvalue weighted by atomic mass is 10.2. The van der Waals surface area contributed by atoms with Crippen LogP contribution in [0.1, 0.15) is 39.3 Å². The lowest BCUT2D eigenvalue weighted by Crippen LogP contribution is -2.47. The third kappa shape index (κ3) is 7.96. The zero-order valence-corrected chi connectivity index (χ0v) is 19.2. The Morgan fingerprint density at radius 1 is 1.41 bits per heavy atom. The van der Waals surface area contributed by atoms with Gasteiger partial charge in [0.1, 0.15) is 22.7 Å². The lowest BCUT2D eigenvalue weighted by Gasteiger charge is -2.28. The summed E-state index contributed by atoms with van der Waals surface area (Å²) in [7, 11) is -0.831. The van der Waals surface area contributed by atoms with Crippen LogP contribution in [0.5, 0.6) is 0 Å². The van der Waals surface area contributed by atoms with E-state index in [0.717, 1.165) is 12.8 Å². The molecule has 2 rings (SSSR count). The molecular formula is C18H26BrF2N5O2S. The van der Waals surface area contributed by atoms with Crippen molar-refractivity contribution < 1.29 is 18.3 Å². The molecule has 1 N–H and O–H groups in total. The maximum absolute atomic E-state index is 14.2. The molecular weight excluding hydrogens is 468 g/mol. The third-order valence-electron chi connectivity index (χ3n) is 3.61. The first-order chi connectivity index (χ1) is 13.7. The maximum atomic E-state index is 14.2. The molecule has 162 valence electrons. The normalized spacial score (nSPS) is 18.1. The van der Waals surface area contributed by atoms with Gasteiger partial charge in [-0.25, -0.2) is 27.9 Å². The number of alkyl halides is 1. The molecule has 0 aromatic carbocycles. The van der Waals surface area contributed by atoms with Crippen LogP contribution in [0.2, 0.25) is 0 Å². The zero-order chi connectivity index (χ0) is 21.4. The van der Waals surface area contributed by atoms with Crippen molar-refractivity contribution in [2.75, 3.05) is 26.3 Å². The van der Waals surface area contributed by atoms with Crippen LogP contribution in [0.3, 0.4) is 0 Å². The molecule has 0 saturated carbocycles. The van der Waals surface area contributed by atoms with Crippen LogP contribution in [-0.2, 0) is 21.4 Å². The number of carbonyl (C=O) groups excluding carboxylic acids is 1. The molecule has 0 bridgehead atoms. The molecule has 1 atom stereocenters. The van der Waals surface area contributed by atoms with Gasteiger partial charge in [0.15, 0.2) is 0 Å². The van der Waals surface area contributed by atoms with Crippen LogP contribution in [0.4, 0.5) is 13.6 Å². The van der Waals surface area contributed by atoms with E-state index >= 15 is 0 Å². The number of pyridine rings is 1. The second-order valence-corrected chi connectivity index (χ2v) is 9.71. The minimum absolute atomic E-state index is 0.109. The minimum Gasteiger partial charge on any atom is -0.444 e. The van der Waals surface area contributed by atoms with Crippen LogP contribution < -0.4 is 5.32 Å². The molecule has 1 amide bonds. The quantitative estimate of drug-likeness (QED) is 0.388. The molecule has 1 aliphatic heterocycles. The number of hydrogen-bond donors (Lipinski definition) is 1. The minimum atomic E-state index is -0.831. The van der Waals surface area contributed by atoms with E-state index in [1.54, 1.807) is 25.1 Å². The number of nitrogens with one attached hydrogen (secondary N) is 1. The number of carbonyl (C=O) groups is 1. The maximum Gasteiger partial charge on any atom is 0.414 e. The smallest absolute Gasteiger partial charge is 0.414 e. The van der Waals surface area contributed by atoms with Crippen molar-refractivity contribution in [3.05, 3.63) is 28.2 Å². The van der Waals surface area contributed by atoms with E-state index in [1.165, 1.54) is 12.1 Å². The van der Waals surface area contributed by atoms with Crippen molar-refractivity contribution >= 4 is 38.9 Å². The Morgan fingerprint density at radius 3 is 2.86 bits per heavy atom. The fourth-order valence-corrected chi connectivity index (χ4v) is 4.61. The summed E-state index contributed by atoms with van der Waals surface area (Å²) in [5.74, 6) is -0.0284. The molecule has 1 aromatic rings. The Balaban J connectivity index is 2.29. The number of rotatable bonds is 4.